The molecule has 0 atom stereocenters. The van der Waals surface area contributed by atoms with Crippen molar-refractivity contribution < 1.29 is 14.3 Å². The zero-order valence-corrected chi connectivity index (χ0v) is 14.8. The van der Waals surface area contributed by atoms with Gasteiger partial charge in [-0.3, -0.25) is 4.79 Å². The van der Waals surface area contributed by atoms with Crippen LogP contribution < -0.4 is 5.32 Å². The van der Waals surface area contributed by atoms with Crippen molar-refractivity contribution in [1.82, 2.24) is 0 Å². The van der Waals surface area contributed by atoms with Crippen molar-refractivity contribution in [2.24, 2.45) is 0 Å². The largest absolute Gasteiger partial charge is 0.465 e. The lowest BCUT2D eigenvalue weighted by molar-refractivity contribution is 0.0600. The Hall–Kier alpha value is -2.14. The Balaban J connectivity index is 1.79. The molecule has 1 aliphatic rings. The maximum absolute atomic E-state index is 12.3. The molecule has 0 amide bonds. The van der Waals surface area contributed by atoms with Gasteiger partial charge in [-0.15, -0.1) is 11.3 Å². The molecular formula is C19H21NO3S. The summed E-state index contributed by atoms with van der Waals surface area (Å²) in [5, 5.41) is 3.93. The Morgan fingerprint density at radius 1 is 1.17 bits per heavy atom. The minimum absolute atomic E-state index is 0.0113. The molecule has 5 heteroatoms. The minimum atomic E-state index is -0.320. The Morgan fingerprint density at radius 2 is 1.88 bits per heavy atom. The first kappa shape index (κ1) is 16.7. The molecule has 0 spiro atoms. The molecule has 2 aromatic rings. The van der Waals surface area contributed by atoms with Gasteiger partial charge >= 0.3 is 5.97 Å². The van der Waals surface area contributed by atoms with E-state index in [0.717, 1.165) is 41.8 Å². The van der Waals surface area contributed by atoms with Gasteiger partial charge in [0.15, 0.2) is 5.78 Å². The molecule has 0 saturated carbocycles. The summed E-state index contributed by atoms with van der Waals surface area (Å²) in [5.41, 5.74) is 3.52. The highest BCUT2D eigenvalue weighted by molar-refractivity contribution is 7.16. The number of methoxy groups -OCH3 is 1. The van der Waals surface area contributed by atoms with E-state index in [0.29, 0.717) is 11.1 Å². The van der Waals surface area contributed by atoms with Crippen molar-refractivity contribution in [3.8, 4) is 0 Å². The number of rotatable bonds is 5. The van der Waals surface area contributed by atoms with E-state index in [1.807, 2.05) is 31.2 Å². The van der Waals surface area contributed by atoms with Crippen molar-refractivity contribution in [3.05, 3.63) is 51.4 Å². The van der Waals surface area contributed by atoms with Crippen LogP contribution in [0, 0.1) is 6.92 Å². The molecule has 4 nitrogen and oxygen atoms in total. The highest BCUT2D eigenvalue weighted by Crippen LogP contribution is 2.38. The molecule has 0 aliphatic heterocycles. The van der Waals surface area contributed by atoms with Crippen LogP contribution >= 0.6 is 11.3 Å². The average molecular weight is 343 g/mol. The van der Waals surface area contributed by atoms with E-state index in [9.17, 15) is 9.59 Å². The van der Waals surface area contributed by atoms with Crippen LogP contribution in [0.15, 0.2) is 24.3 Å². The van der Waals surface area contributed by atoms with Crippen LogP contribution in [-0.4, -0.2) is 25.4 Å². The van der Waals surface area contributed by atoms with Crippen LogP contribution in [0.3, 0.4) is 0 Å². The molecule has 126 valence electrons. The first-order valence-corrected chi connectivity index (χ1v) is 8.98. The SMILES string of the molecule is COC(=O)c1c(NCC(=O)c2ccc(C)cc2)sc2c1CCCC2. The molecule has 24 heavy (non-hydrogen) atoms. The zero-order valence-electron chi connectivity index (χ0n) is 14.0. The number of aryl methyl sites for hydroxylation is 2. The summed E-state index contributed by atoms with van der Waals surface area (Å²) in [7, 11) is 1.40. The van der Waals surface area contributed by atoms with E-state index in [1.165, 1.54) is 12.0 Å². The Kier molecular flexibility index (Phi) is 5.00. The summed E-state index contributed by atoms with van der Waals surface area (Å²) < 4.78 is 4.95. The van der Waals surface area contributed by atoms with Crippen molar-refractivity contribution in [2.75, 3.05) is 19.0 Å². The number of esters is 1. The molecule has 0 fully saturated rings. The summed E-state index contributed by atoms with van der Waals surface area (Å²) >= 11 is 1.58. The first-order chi connectivity index (χ1) is 11.6. The lowest BCUT2D eigenvalue weighted by atomic mass is 9.95. The van der Waals surface area contributed by atoms with Gasteiger partial charge in [-0.25, -0.2) is 4.79 Å². The molecule has 3 rings (SSSR count). The predicted molar refractivity (Wildman–Crippen MR) is 96.3 cm³/mol. The number of carbonyl (C=O) groups is 2. The smallest absolute Gasteiger partial charge is 0.341 e. The molecular weight excluding hydrogens is 322 g/mol. The van der Waals surface area contributed by atoms with Gasteiger partial charge < -0.3 is 10.1 Å². The Bertz CT molecular complexity index is 762. The van der Waals surface area contributed by atoms with Gasteiger partial charge in [0.2, 0.25) is 0 Å². The van der Waals surface area contributed by atoms with Crippen LogP contribution in [0.2, 0.25) is 0 Å². The zero-order chi connectivity index (χ0) is 17.1. The third-order valence-electron chi connectivity index (χ3n) is 4.34. The van der Waals surface area contributed by atoms with Crippen molar-refractivity contribution >= 4 is 28.1 Å². The number of benzene rings is 1. The second-order valence-corrected chi connectivity index (χ2v) is 7.15. The summed E-state index contributed by atoms with van der Waals surface area (Å²) in [6.45, 7) is 2.16. The molecule has 1 aromatic heterocycles. The van der Waals surface area contributed by atoms with Crippen molar-refractivity contribution in [2.45, 2.75) is 32.6 Å². The van der Waals surface area contributed by atoms with Crippen LogP contribution in [-0.2, 0) is 17.6 Å². The topological polar surface area (TPSA) is 55.4 Å². The number of carbonyl (C=O) groups excluding carboxylic acids is 2. The molecule has 0 unspecified atom stereocenters. The average Bonchev–Trinajstić information content (AvgIpc) is 2.98. The molecule has 0 saturated heterocycles. The van der Waals surface area contributed by atoms with Gasteiger partial charge in [0.05, 0.1) is 19.2 Å². The second kappa shape index (κ2) is 7.18. The number of ether oxygens (including phenoxy) is 1. The quantitative estimate of drug-likeness (QED) is 0.658. The number of fused-ring (bicyclic) bond motifs is 1. The van der Waals surface area contributed by atoms with E-state index < -0.39 is 0 Å². The fraction of sp³-hybridized carbons (Fsp3) is 0.368. The van der Waals surface area contributed by atoms with Crippen molar-refractivity contribution in [1.29, 1.82) is 0 Å². The number of hydrogen-bond donors (Lipinski definition) is 1. The third kappa shape index (κ3) is 3.36. The fourth-order valence-corrected chi connectivity index (χ4v) is 4.28. The van der Waals surface area contributed by atoms with Gasteiger partial charge in [-0.05, 0) is 38.2 Å². The van der Waals surface area contributed by atoms with E-state index >= 15 is 0 Å². The number of Topliss-reactive ketones (excluding diaryl/α,β-unsaturated/α-hetero) is 1. The van der Waals surface area contributed by atoms with E-state index in [4.69, 9.17) is 4.74 Å². The van der Waals surface area contributed by atoms with Gasteiger partial charge in [0.25, 0.3) is 0 Å². The third-order valence-corrected chi connectivity index (χ3v) is 5.59. The van der Waals surface area contributed by atoms with Crippen LogP contribution in [0.25, 0.3) is 0 Å². The number of thiophene rings is 1. The number of ketones is 1. The lowest BCUT2D eigenvalue weighted by Crippen LogP contribution is -2.16. The lowest BCUT2D eigenvalue weighted by Gasteiger charge is -2.11. The fourth-order valence-electron chi connectivity index (χ4n) is 3.01. The minimum Gasteiger partial charge on any atom is -0.465 e. The number of anilines is 1. The molecule has 1 aliphatic carbocycles. The summed E-state index contributed by atoms with van der Waals surface area (Å²) in [4.78, 5) is 25.8. The highest BCUT2D eigenvalue weighted by atomic mass is 32.1. The summed E-state index contributed by atoms with van der Waals surface area (Å²) in [5.74, 6) is -0.308. The second-order valence-electron chi connectivity index (χ2n) is 6.05. The molecule has 0 bridgehead atoms. The van der Waals surface area contributed by atoms with E-state index in [2.05, 4.69) is 5.32 Å². The van der Waals surface area contributed by atoms with Gasteiger partial charge in [0.1, 0.15) is 5.00 Å². The van der Waals surface area contributed by atoms with Crippen molar-refractivity contribution in [3.63, 3.8) is 0 Å². The maximum atomic E-state index is 12.3. The predicted octanol–water partition coefficient (Wildman–Crippen LogP) is 4.02. The molecule has 1 N–H and O–H groups in total. The van der Waals surface area contributed by atoms with Crippen LogP contribution in [0.4, 0.5) is 5.00 Å². The maximum Gasteiger partial charge on any atom is 0.341 e. The number of nitrogens with one attached hydrogen (secondary N) is 1. The van der Waals surface area contributed by atoms with Gasteiger partial charge in [0, 0.05) is 10.4 Å². The number of hydrogen-bond acceptors (Lipinski definition) is 5. The van der Waals surface area contributed by atoms with Gasteiger partial charge in [-0.1, -0.05) is 29.8 Å². The first-order valence-electron chi connectivity index (χ1n) is 8.16. The van der Waals surface area contributed by atoms with E-state index in [-0.39, 0.29) is 18.3 Å². The standard InChI is InChI=1S/C19H21NO3S/c1-12-7-9-13(10-8-12)15(21)11-20-18-17(19(22)23-2)14-5-3-4-6-16(14)24-18/h7-10,20H,3-6,11H2,1-2H3. The highest BCUT2D eigenvalue weighted by Gasteiger charge is 2.26. The van der Waals surface area contributed by atoms with Gasteiger partial charge in [-0.2, -0.15) is 0 Å². The van der Waals surface area contributed by atoms with Crippen LogP contribution in [0.5, 0.6) is 0 Å². The summed E-state index contributed by atoms with van der Waals surface area (Å²) in [6, 6.07) is 7.52. The van der Waals surface area contributed by atoms with E-state index in [1.54, 1.807) is 11.3 Å². The molecule has 0 radical (unpaired) electrons. The monoisotopic (exact) mass is 343 g/mol. The summed E-state index contributed by atoms with van der Waals surface area (Å²) in [6.07, 6.45) is 4.15. The molecule has 1 aromatic carbocycles. The molecule has 1 heterocycles. The normalized spacial score (nSPS) is 13.2. The Labute approximate surface area is 145 Å². The van der Waals surface area contributed by atoms with Crippen LogP contribution in [0.1, 0.15) is 49.6 Å². The Morgan fingerprint density at radius 3 is 2.58 bits per heavy atom.